The van der Waals surface area contributed by atoms with Gasteiger partial charge >= 0.3 is 0 Å². The summed E-state index contributed by atoms with van der Waals surface area (Å²) < 4.78 is 12.4. The van der Waals surface area contributed by atoms with Gasteiger partial charge in [0.25, 0.3) is 0 Å². The summed E-state index contributed by atoms with van der Waals surface area (Å²) in [6.45, 7) is 2.40. The van der Waals surface area contributed by atoms with E-state index in [9.17, 15) is 10.5 Å². The SMILES string of the molecule is CCOc1ccc(/C=C(\C#N)c2c(C#N)c(N)nn2-c2ccccc2)cc1OC. The second-order valence-electron chi connectivity index (χ2n) is 5.98. The molecular formula is C22H19N5O2. The molecule has 3 rings (SSSR count). The van der Waals surface area contributed by atoms with Crippen molar-refractivity contribution in [2.24, 2.45) is 0 Å². The maximum Gasteiger partial charge on any atom is 0.164 e. The summed E-state index contributed by atoms with van der Waals surface area (Å²) in [7, 11) is 1.55. The molecule has 1 aromatic heterocycles. The fourth-order valence-corrected chi connectivity index (χ4v) is 2.92. The van der Waals surface area contributed by atoms with Crippen LogP contribution in [0.3, 0.4) is 0 Å². The lowest BCUT2D eigenvalue weighted by molar-refractivity contribution is 0.311. The second kappa shape index (κ2) is 8.64. The monoisotopic (exact) mass is 385 g/mol. The van der Waals surface area contributed by atoms with Gasteiger partial charge in [-0.15, -0.1) is 5.10 Å². The van der Waals surface area contributed by atoms with E-state index in [1.165, 1.54) is 4.68 Å². The number of anilines is 1. The zero-order valence-corrected chi connectivity index (χ0v) is 16.1. The van der Waals surface area contributed by atoms with Crippen LogP contribution < -0.4 is 15.2 Å². The third kappa shape index (κ3) is 3.90. The fraction of sp³-hybridized carbons (Fsp3) is 0.136. The molecule has 2 aromatic carbocycles. The van der Waals surface area contributed by atoms with Crippen LogP contribution in [0.4, 0.5) is 5.82 Å². The highest BCUT2D eigenvalue weighted by Gasteiger charge is 2.21. The summed E-state index contributed by atoms with van der Waals surface area (Å²) in [4.78, 5) is 0. The van der Waals surface area contributed by atoms with E-state index in [0.717, 1.165) is 0 Å². The molecular weight excluding hydrogens is 366 g/mol. The van der Waals surface area contributed by atoms with Gasteiger partial charge in [0.15, 0.2) is 17.3 Å². The Kier molecular flexibility index (Phi) is 5.82. The molecule has 0 aliphatic heterocycles. The minimum Gasteiger partial charge on any atom is -0.493 e. The lowest BCUT2D eigenvalue weighted by Crippen LogP contribution is -2.02. The number of allylic oxidation sites excluding steroid dienone is 1. The normalized spacial score (nSPS) is 10.8. The summed E-state index contributed by atoms with van der Waals surface area (Å²) >= 11 is 0. The number of nitriles is 2. The Morgan fingerprint density at radius 3 is 2.55 bits per heavy atom. The van der Waals surface area contributed by atoms with Gasteiger partial charge in [0.2, 0.25) is 0 Å². The van der Waals surface area contributed by atoms with Crippen LogP contribution in [-0.2, 0) is 0 Å². The molecule has 3 aromatic rings. The lowest BCUT2D eigenvalue weighted by Gasteiger charge is -2.10. The highest BCUT2D eigenvalue weighted by molar-refractivity contribution is 5.92. The number of benzene rings is 2. The van der Waals surface area contributed by atoms with Crippen molar-refractivity contribution in [3.05, 3.63) is 65.4 Å². The molecule has 0 aliphatic carbocycles. The predicted molar refractivity (Wildman–Crippen MR) is 110 cm³/mol. The number of rotatable bonds is 6. The van der Waals surface area contributed by atoms with E-state index >= 15 is 0 Å². The molecule has 0 radical (unpaired) electrons. The van der Waals surface area contributed by atoms with Crippen molar-refractivity contribution < 1.29 is 9.47 Å². The van der Waals surface area contributed by atoms with E-state index in [1.807, 2.05) is 43.3 Å². The van der Waals surface area contributed by atoms with Crippen LogP contribution in [0.5, 0.6) is 11.5 Å². The number of nitrogen functional groups attached to an aromatic ring is 1. The van der Waals surface area contributed by atoms with Gasteiger partial charge in [-0.3, -0.25) is 0 Å². The first-order chi connectivity index (χ1) is 14.1. The van der Waals surface area contributed by atoms with Crippen LogP contribution >= 0.6 is 0 Å². The molecule has 0 spiro atoms. The van der Waals surface area contributed by atoms with Crippen molar-refractivity contribution >= 4 is 17.5 Å². The van der Waals surface area contributed by atoms with Crippen LogP contribution in [0, 0.1) is 22.7 Å². The molecule has 0 bridgehead atoms. The predicted octanol–water partition coefficient (Wildman–Crippen LogP) is 3.80. The average molecular weight is 385 g/mol. The van der Waals surface area contributed by atoms with E-state index in [-0.39, 0.29) is 17.0 Å². The maximum atomic E-state index is 9.84. The number of ether oxygens (including phenoxy) is 2. The first kappa shape index (κ1) is 19.5. The van der Waals surface area contributed by atoms with Gasteiger partial charge in [-0.2, -0.15) is 10.5 Å². The van der Waals surface area contributed by atoms with Gasteiger partial charge in [-0.1, -0.05) is 24.3 Å². The number of hydrogen-bond donors (Lipinski definition) is 1. The Bertz CT molecular complexity index is 1130. The van der Waals surface area contributed by atoms with Gasteiger partial charge < -0.3 is 15.2 Å². The quantitative estimate of drug-likeness (QED) is 0.646. The average Bonchev–Trinajstić information content (AvgIpc) is 3.09. The van der Waals surface area contributed by atoms with Gasteiger partial charge in [0, 0.05) is 0 Å². The molecule has 0 amide bonds. The molecule has 7 nitrogen and oxygen atoms in total. The summed E-state index contributed by atoms with van der Waals surface area (Å²) in [6, 6.07) is 18.8. The Labute approximate surface area is 168 Å². The molecule has 144 valence electrons. The first-order valence-corrected chi connectivity index (χ1v) is 8.90. The van der Waals surface area contributed by atoms with Crippen molar-refractivity contribution in [1.82, 2.24) is 9.78 Å². The van der Waals surface area contributed by atoms with Gasteiger partial charge in [0.1, 0.15) is 23.4 Å². The molecule has 0 aliphatic rings. The van der Waals surface area contributed by atoms with Crippen LogP contribution in [0.15, 0.2) is 48.5 Å². The van der Waals surface area contributed by atoms with Crippen LogP contribution in [0.1, 0.15) is 23.7 Å². The summed E-state index contributed by atoms with van der Waals surface area (Å²) in [5.41, 5.74) is 8.10. The summed E-state index contributed by atoms with van der Waals surface area (Å²) in [5.74, 6) is 1.23. The molecule has 0 unspecified atom stereocenters. The number of para-hydroxylation sites is 1. The number of hydrogen-bond acceptors (Lipinski definition) is 6. The topological polar surface area (TPSA) is 110 Å². The van der Waals surface area contributed by atoms with E-state index in [0.29, 0.717) is 35.1 Å². The third-order valence-electron chi connectivity index (χ3n) is 4.20. The number of methoxy groups -OCH3 is 1. The van der Waals surface area contributed by atoms with Crippen molar-refractivity contribution in [1.29, 1.82) is 10.5 Å². The van der Waals surface area contributed by atoms with Crippen LogP contribution in [0.25, 0.3) is 17.3 Å². The summed E-state index contributed by atoms with van der Waals surface area (Å²) in [5, 5.41) is 23.7. The third-order valence-corrected chi connectivity index (χ3v) is 4.20. The summed E-state index contributed by atoms with van der Waals surface area (Å²) in [6.07, 6.45) is 1.66. The molecule has 2 N–H and O–H groups in total. The highest BCUT2D eigenvalue weighted by atomic mass is 16.5. The minimum atomic E-state index is 0.0665. The second-order valence-corrected chi connectivity index (χ2v) is 5.98. The number of aromatic nitrogens is 2. The molecule has 0 fully saturated rings. The largest absolute Gasteiger partial charge is 0.493 e. The van der Waals surface area contributed by atoms with Crippen molar-refractivity contribution in [3.8, 4) is 29.3 Å². The standard InChI is InChI=1S/C22H19N5O2/c1-3-29-19-10-9-15(12-20(19)28-2)11-16(13-23)21-18(14-24)22(25)26-27(21)17-7-5-4-6-8-17/h4-12H,3H2,1-2H3,(H2,25,26)/b16-11+. The Balaban J connectivity index is 2.17. The molecule has 1 heterocycles. The van der Waals surface area contributed by atoms with E-state index < -0.39 is 0 Å². The fourth-order valence-electron chi connectivity index (χ4n) is 2.92. The molecule has 0 atom stereocenters. The lowest BCUT2D eigenvalue weighted by atomic mass is 10.0. The number of nitrogens with two attached hydrogens (primary N) is 1. The van der Waals surface area contributed by atoms with E-state index in [2.05, 4.69) is 17.2 Å². The van der Waals surface area contributed by atoms with Crippen molar-refractivity contribution in [3.63, 3.8) is 0 Å². The Morgan fingerprint density at radius 2 is 1.93 bits per heavy atom. The van der Waals surface area contributed by atoms with Gasteiger partial charge in [-0.05, 0) is 42.8 Å². The Hall–Kier alpha value is -4.23. The first-order valence-electron chi connectivity index (χ1n) is 8.90. The van der Waals surface area contributed by atoms with E-state index in [4.69, 9.17) is 15.2 Å². The zero-order valence-electron chi connectivity index (χ0n) is 16.1. The van der Waals surface area contributed by atoms with Gasteiger partial charge in [-0.25, -0.2) is 4.68 Å². The van der Waals surface area contributed by atoms with Crippen molar-refractivity contribution in [2.45, 2.75) is 6.92 Å². The molecule has 29 heavy (non-hydrogen) atoms. The highest BCUT2D eigenvalue weighted by Crippen LogP contribution is 2.31. The maximum absolute atomic E-state index is 9.84. The Morgan fingerprint density at radius 1 is 1.17 bits per heavy atom. The molecule has 7 heteroatoms. The molecule has 0 saturated carbocycles. The van der Waals surface area contributed by atoms with Crippen molar-refractivity contribution in [2.75, 3.05) is 19.5 Å². The van der Waals surface area contributed by atoms with Crippen LogP contribution in [0.2, 0.25) is 0 Å². The van der Waals surface area contributed by atoms with Crippen LogP contribution in [-0.4, -0.2) is 23.5 Å². The smallest absolute Gasteiger partial charge is 0.164 e. The van der Waals surface area contributed by atoms with Gasteiger partial charge in [0.05, 0.1) is 25.0 Å². The number of nitrogens with zero attached hydrogens (tertiary/aromatic N) is 4. The molecule has 0 saturated heterocycles. The minimum absolute atomic E-state index is 0.0665. The van der Waals surface area contributed by atoms with E-state index in [1.54, 1.807) is 25.3 Å². The zero-order chi connectivity index (χ0) is 20.8.